The third kappa shape index (κ3) is 5.20. The van der Waals surface area contributed by atoms with E-state index in [0.717, 1.165) is 23.2 Å². The van der Waals surface area contributed by atoms with E-state index in [1.165, 1.54) is 4.68 Å². The van der Waals surface area contributed by atoms with E-state index in [9.17, 15) is 19.2 Å². The third-order valence-electron chi connectivity index (χ3n) is 6.92. The van der Waals surface area contributed by atoms with Crippen LogP contribution in [0.2, 0.25) is 0 Å². The molecule has 0 unspecified atom stereocenters. The van der Waals surface area contributed by atoms with Crippen molar-refractivity contribution in [2.24, 2.45) is 0 Å². The molecule has 43 heavy (non-hydrogen) atoms. The Labute approximate surface area is 243 Å². The number of carbonyl (C=O) groups excluding carboxylic acids is 1. The highest BCUT2D eigenvalue weighted by molar-refractivity contribution is 5.92. The summed E-state index contributed by atoms with van der Waals surface area (Å²) in [7, 11) is 4.01. The molecule has 3 heterocycles. The van der Waals surface area contributed by atoms with Gasteiger partial charge in [-0.1, -0.05) is 48.5 Å². The van der Waals surface area contributed by atoms with Gasteiger partial charge in [-0.25, -0.2) is 24.2 Å². The summed E-state index contributed by atoms with van der Waals surface area (Å²) in [5, 5.41) is 12.2. The second-order valence-corrected chi connectivity index (χ2v) is 10.3. The van der Waals surface area contributed by atoms with Gasteiger partial charge < -0.3 is 15.2 Å². The highest BCUT2D eigenvalue weighted by Gasteiger charge is 2.21. The van der Waals surface area contributed by atoms with Crippen molar-refractivity contribution in [3.8, 4) is 28.2 Å². The molecule has 0 radical (unpaired) electrons. The zero-order valence-electron chi connectivity index (χ0n) is 23.5. The average molecular weight is 578 g/mol. The number of amides is 1. The summed E-state index contributed by atoms with van der Waals surface area (Å²) < 4.78 is 1.86. The van der Waals surface area contributed by atoms with Crippen LogP contribution in [-0.4, -0.2) is 59.5 Å². The molecule has 216 valence electrons. The minimum atomic E-state index is -0.915. The van der Waals surface area contributed by atoms with Crippen LogP contribution in [0.25, 0.3) is 39.2 Å². The summed E-state index contributed by atoms with van der Waals surface area (Å²) in [5.74, 6) is 0.303. The fourth-order valence-electron chi connectivity index (χ4n) is 4.99. The van der Waals surface area contributed by atoms with Gasteiger partial charge in [0.15, 0.2) is 11.3 Å². The Kier molecular flexibility index (Phi) is 6.92. The molecule has 0 bridgehead atoms. The number of carbonyl (C=O) groups is 1. The predicted molar refractivity (Wildman–Crippen MR) is 163 cm³/mol. The van der Waals surface area contributed by atoms with Crippen LogP contribution in [0.15, 0.2) is 87.2 Å². The number of aromatic amines is 3. The zero-order valence-corrected chi connectivity index (χ0v) is 23.5. The molecule has 13 heteroatoms. The van der Waals surface area contributed by atoms with Gasteiger partial charge >= 0.3 is 17.4 Å². The Morgan fingerprint density at radius 2 is 1.70 bits per heavy atom. The maximum absolute atomic E-state index is 13.7. The molecule has 6 rings (SSSR count). The maximum Gasteiger partial charge on any atom is 0.361 e. The standard InChI is InChI=1S/C30H27N9O4/c1-17-24-25(39(36-17)22-9-6-8-19(15-22)26-33-28(41)35-34-26)27(40)38(30(43)32-24)29(42)31-21-13-11-18(12-14-21)23-10-5-4-7-20(23)16-37(2)3/h4-15H,16H2,1-3H3,(H,31,42)(H,32,43)(H2,33,34,35,41). The van der Waals surface area contributed by atoms with Crippen molar-refractivity contribution in [3.05, 3.63) is 115 Å². The van der Waals surface area contributed by atoms with Crippen LogP contribution in [0.4, 0.5) is 10.5 Å². The van der Waals surface area contributed by atoms with Crippen molar-refractivity contribution < 1.29 is 4.79 Å². The van der Waals surface area contributed by atoms with Gasteiger partial charge in [-0.15, -0.1) is 0 Å². The van der Waals surface area contributed by atoms with Crippen molar-refractivity contribution in [2.75, 3.05) is 19.4 Å². The lowest BCUT2D eigenvalue weighted by atomic mass is 9.99. The van der Waals surface area contributed by atoms with Crippen LogP contribution in [0.3, 0.4) is 0 Å². The van der Waals surface area contributed by atoms with Gasteiger partial charge in [0.2, 0.25) is 0 Å². The van der Waals surface area contributed by atoms with Gasteiger partial charge in [0.05, 0.1) is 16.9 Å². The molecule has 6 aromatic rings. The molecule has 0 aliphatic rings. The molecular weight excluding hydrogens is 550 g/mol. The van der Waals surface area contributed by atoms with Crippen LogP contribution in [0, 0.1) is 6.92 Å². The van der Waals surface area contributed by atoms with Crippen LogP contribution in [0.5, 0.6) is 0 Å². The van der Waals surface area contributed by atoms with E-state index < -0.39 is 23.0 Å². The normalized spacial score (nSPS) is 11.3. The predicted octanol–water partition coefficient (Wildman–Crippen LogP) is 3.07. The molecule has 13 nitrogen and oxygen atoms in total. The van der Waals surface area contributed by atoms with E-state index in [2.05, 4.69) is 41.5 Å². The molecular formula is C30H27N9O4. The summed E-state index contributed by atoms with van der Waals surface area (Å²) in [5.41, 5.74) is 2.96. The molecule has 0 saturated heterocycles. The van der Waals surface area contributed by atoms with Gasteiger partial charge in [0.25, 0.3) is 5.56 Å². The molecule has 0 aliphatic carbocycles. The van der Waals surface area contributed by atoms with Crippen molar-refractivity contribution in [1.82, 2.24) is 39.4 Å². The first-order valence-electron chi connectivity index (χ1n) is 13.3. The van der Waals surface area contributed by atoms with E-state index in [-0.39, 0.29) is 11.0 Å². The second-order valence-electron chi connectivity index (χ2n) is 10.3. The highest BCUT2D eigenvalue weighted by Crippen LogP contribution is 2.26. The summed E-state index contributed by atoms with van der Waals surface area (Å²) in [6, 6.07) is 21.2. The van der Waals surface area contributed by atoms with Gasteiger partial charge in [-0.2, -0.15) is 14.6 Å². The Morgan fingerprint density at radius 3 is 2.42 bits per heavy atom. The minimum Gasteiger partial charge on any atom is -0.307 e. The third-order valence-corrected chi connectivity index (χ3v) is 6.92. The maximum atomic E-state index is 13.7. The first-order valence-corrected chi connectivity index (χ1v) is 13.3. The number of hydrogen-bond donors (Lipinski definition) is 4. The van der Waals surface area contributed by atoms with Crippen molar-refractivity contribution in [2.45, 2.75) is 13.5 Å². The fourth-order valence-corrected chi connectivity index (χ4v) is 4.99. The number of nitrogens with zero attached hydrogens (tertiary/aromatic N) is 5. The second kappa shape index (κ2) is 10.9. The highest BCUT2D eigenvalue weighted by atomic mass is 16.2. The van der Waals surface area contributed by atoms with Gasteiger partial charge in [0, 0.05) is 17.8 Å². The van der Waals surface area contributed by atoms with Crippen LogP contribution in [0.1, 0.15) is 11.3 Å². The van der Waals surface area contributed by atoms with Gasteiger partial charge in [-0.3, -0.25) is 9.89 Å². The Bertz CT molecular complexity index is 2170. The lowest BCUT2D eigenvalue weighted by Crippen LogP contribution is -2.42. The van der Waals surface area contributed by atoms with Crippen LogP contribution < -0.4 is 22.3 Å². The van der Waals surface area contributed by atoms with E-state index in [1.54, 1.807) is 43.3 Å². The van der Waals surface area contributed by atoms with Crippen LogP contribution in [-0.2, 0) is 6.54 Å². The van der Waals surface area contributed by atoms with Crippen molar-refractivity contribution in [1.29, 1.82) is 0 Å². The van der Waals surface area contributed by atoms with Gasteiger partial charge in [-0.05, 0) is 62.0 Å². The topological polar surface area (TPSA) is 167 Å². The largest absolute Gasteiger partial charge is 0.361 e. The number of benzene rings is 3. The molecule has 0 atom stereocenters. The first kappa shape index (κ1) is 27.4. The van der Waals surface area contributed by atoms with E-state index in [0.29, 0.717) is 33.0 Å². The molecule has 0 fully saturated rings. The number of nitrogens with one attached hydrogen (secondary N) is 4. The molecule has 4 N–H and O–H groups in total. The molecule has 0 saturated carbocycles. The van der Waals surface area contributed by atoms with E-state index >= 15 is 0 Å². The van der Waals surface area contributed by atoms with Crippen molar-refractivity contribution in [3.63, 3.8) is 0 Å². The lowest BCUT2D eigenvalue weighted by Gasteiger charge is -2.15. The van der Waals surface area contributed by atoms with Crippen molar-refractivity contribution >= 4 is 22.8 Å². The number of H-pyrrole nitrogens is 3. The van der Waals surface area contributed by atoms with E-state index in [1.807, 2.05) is 44.4 Å². The molecule has 0 aliphatic heterocycles. The molecule has 3 aromatic heterocycles. The first-order chi connectivity index (χ1) is 20.7. The zero-order chi connectivity index (χ0) is 30.2. The minimum absolute atomic E-state index is 0.00719. The smallest absolute Gasteiger partial charge is 0.307 e. The molecule has 0 spiro atoms. The Morgan fingerprint density at radius 1 is 0.930 bits per heavy atom. The van der Waals surface area contributed by atoms with E-state index in [4.69, 9.17) is 0 Å². The summed E-state index contributed by atoms with van der Waals surface area (Å²) in [6.45, 7) is 2.41. The van der Waals surface area contributed by atoms with Crippen LogP contribution >= 0.6 is 0 Å². The Hall–Kier alpha value is -5.82. The SMILES string of the molecule is Cc1nn(-c2cccc(-c3nc(=O)[nH][nH]3)c2)c2c(=O)n(C(=O)Nc3ccc(-c4ccccc4CN(C)C)cc3)c(=O)[nH]c12. The number of hydrogen-bond acceptors (Lipinski definition) is 7. The number of aromatic nitrogens is 7. The number of aryl methyl sites for hydroxylation is 1. The lowest BCUT2D eigenvalue weighted by molar-refractivity contribution is 0.252. The number of fused-ring (bicyclic) bond motifs is 1. The summed E-state index contributed by atoms with van der Waals surface area (Å²) in [4.78, 5) is 60.0. The van der Waals surface area contributed by atoms with Gasteiger partial charge in [0.1, 0.15) is 0 Å². The molecule has 3 aromatic carbocycles. The summed E-state index contributed by atoms with van der Waals surface area (Å²) >= 11 is 0. The Balaban J connectivity index is 1.34. The monoisotopic (exact) mass is 577 g/mol. The fraction of sp³-hybridized carbons (Fsp3) is 0.133. The number of rotatable bonds is 6. The summed E-state index contributed by atoms with van der Waals surface area (Å²) in [6.07, 6.45) is 0. The quantitative estimate of drug-likeness (QED) is 0.236. The molecule has 1 amide bonds. The average Bonchev–Trinajstić information content (AvgIpc) is 3.57. The number of anilines is 1.